The molecule has 28 heavy (non-hydrogen) atoms. The van der Waals surface area contributed by atoms with Crippen molar-refractivity contribution in [1.29, 1.82) is 0 Å². The minimum atomic E-state index is 0.737. The number of para-hydroxylation sites is 2. The first-order chi connectivity index (χ1) is 13.9. The van der Waals surface area contributed by atoms with Crippen molar-refractivity contribution in [3.05, 3.63) is 103 Å². The fraction of sp³-hybridized carbons (Fsp3) is 0. The highest BCUT2D eigenvalue weighted by Gasteiger charge is 2.13. The molecule has 0 aliphatic rings. The Morgan fingerprint density at radius 2 is 1.18 bits per heavy atom. The standard InChI is InChI=1S/C25H17O2P/c1-3-10-19(11-4-1)26-23-17-22-21-14-8-7-9-18(21)15-16-24(22)28-25(23)27-20-12-5-2-6-13-20/h1-17H. The number of hydrogen-bond donors (Lipinski definition) is 0. The molecule has 0 saturated carbocycles. The Labute approximate surface area is 165 Å². The Balaban J connectivity index is 1.69. The summed E-state index contributed by atoms with van der Waals surface area (Å²) in [4.78, 5) is 0. The first-order valence-electron chi connectivity index (χ1n) is 9.15. The highest BCUT2D eigenvalue weighted by molar-refractivity contribution is 7.39. The highest BCUT2D eigenvalue weighted by Crippen LogP contribution is 2.47. The number of fused-ring (bicyclic) bond motifs is 3. The molecule has 1 heterocycles. The van der Waals surface area contributed by atoms with Gasteiger partial charge in [-0.2, -0.15) is 0 Å². The molecule has 2 nitrogen and oxygen atoms in total. The molecule has 3 heteroatoms. The first-order valence-corrected chi connectivity index (χ1v) is 10.0. The molecule has 0 fully saturated rings. The summed E-state index contributed by atoms with van der Waals surface area (Å²) in [5.41, 5.74) is 0.790. The molecule has 1 aromatic heterocycles. The van der Waals surface area contributed by atoms with Crippen molar-refractivity contribution >= 4 is 29.5 Å². The minimum Gasteiger partial charge on any atom is -0.453 e. The number of ether oxygens (including phenoxy) is 2. The lowest BCUT2D eigenvalue weighted by atomic mass is 10.1. The average molecular weight is 380 g/mol. The van der Waals surface area contributed by atoms with Crippen molar-refractivity contribution < 1.29 is 9.47 Å². The average Bonchev–Trinajstić information content (AvgIpc) is 2.76. The van der Waals surface area contributed by atoms with Crippen LogP contribution in [-0.2, 0) is 0 Å². The van der Waals surface area contributed by atoms with Crippen molar-refractivity contribution in [2.45, 2.75) is 0 Å². The van der Waals surface area contributed by atoms with Crippen LogP contribution in [0.5, 0.6) is 22.7 Å². The van der Waals surface area contributed by atoms with Crippen LogP contribution in [0.25, 0.3) is 21.3 Å². The van der Waals surface area contributed by atoms with E-state index in [4.69, 9.17) is 9.47 Å². The summed E-state index contributed by atoms with van der Waals surface area (Å²) < 4.78 is 12.5. The largest absolute Gasteiger partial charge is 0.453 e. The third-order valence-electron chi connectivity index (χ3n) is 4.58. The Kier molecular flexibility index (Phi) is 4.40. The number of hydrogen-bond acceptors (Lipinski definition) is 2. The van der Waals surface area contributed by atoms with Gasteiger partial charge >= 0.3 is 0 Å². The van der Waals surface area contributed by atoms with E-state index < -0.39 is 0 Å². The van der Waals surface area contributed by atoms with Gasteiger partial charge in [0.25, 0.3) is 0 Å². The maximum absolute atomic E-state index is 6.24. The van der Waals surface area contributed by atoms with Gasteiger partial charge < -0.3 is 9.47 Å². The number of rotatable bonds is 4. The summed E-state index contributed by atoms with van der Waals surface area (Å²) in [7, 11) is 0.991. The van der Waals surface area contributed by atoms with E-state index in [2.05, 4.69) is 42.5 Å². The zero-order valence-electron chi connectivity index (χ0n) is 15.1. The molecule has 0 unspecified atom stereocenters. The van der Waals surface area contributed by atoms with Gasteiger partial charge in [0.2, 0.25) is 0 Å². The van der Waals surface area contributed by atoms with Gasteiger partial charge in [0.15, 0.2) is 11.2 Å². The third kappa shape index (κ3) is 3.31. The van der Waals surface area contributed by atoms with Gasteiger partial charge in [-0.3, -0.25) is 0 Å². The Morgan fingerprint density at radius 3 is 1.93 bits per heavy atom. The first kappa shape index (κ1) is 16.8. The van der Waals surface area contributed by atoms with Crippen molar-refractivity contribution in [1.82, 2.24) is 0 Å². The molecule has 134 valence electrons. The predicted octanol–water partition coefficient (Wildman–Crippen LogP) is 8.16. The van der Waals surface area contributed by atoms with E-state index in [0.29, 0.717) is 0 Å². The molecule has 0 spiro atoms. The van der Waals surface area contributed by atoms with Gasteiger partial charge in [0.1, 0.15) is 11.5 Å². The van der Waals surface area contributed by atoms with Crippen molar-refractivity contribution in [3.8, 4) is 22.7 Å². The fourth-order valence-electron chi connectivity index (χ4n) is 3.25. The maximum atomic E-state index is 6.24. The summed E-state index contributed by atoms with van der Waals surface area (Å²) in [6.07, 6.45) is 0. The summed E-state index contributed by atoms with van der Waals surface area (Å²) in [6.45, 7) is 0. The quantitative estimate of drug-likeness (QED) is 0.293. The van der Waals surface area contributed by atoms with Gasteiger partial charge in [-0.25, -0.2) is 0 Å². The molecule has 0 aliphatic heterocycles. The Hall–Kier alpha value is -3.35. The smallest absolute Gasteiger partial charge is 0.196 e. The van der Waals surface area contributed by atoms with Crippen LogP contribution in [0.15, 0.2) is 103 Å². The lowest BCUT2D eigenvalue weighted by Gasteiger charge is -2.14. The topological polar surface area (TPSA) is 18.5 Å². The van der Waals surface area contributed by atoms with E-state index in [9.17, 15) is 0 Å². The van der Waals surface area contributed by atoms with Gasteiger partial charge in [0.05, 0.1) is 0 Å². The second kappa shape index (κ2) is 7.34. The molecule has 0 amide bonds. The summed E-state index contributed by atoms with van der Waals surface area (Å²) in [5, 5.41) is 4.84. The third-order valence-corrected chi connectivity index (χ3v) is 5.73. The van der Waals surface area contributed by atoms with E-state index in [1.807, 2.05) is 60.7 Å². The Morgan fingerprint density at radius 1 is 0.536 bits per heavy atom. The van der Waals surface area contributed by atoms with Crippen LogP contribution in [0.4, 0.5) is 0 Å². The van der Waals surface area contributed by atoms with Crippen molar-refractivity contribution in [2.75, 3.05) is 0 Å². The summed E-state index contributed by atoms with van der Waals surface area (Å²) in [5.74, 6) is 2.33. The van der Waals surface area contributed by atoms with E-state index in [1.54, 1.807) is 0 Å². The molecular formula is C25H17O2P. The van der Waals surface area contributed by atoms with E-state index >= 15 is 0 Å². The highest BCUT2D eigenvalue weighted by atomic mass is 31.0. The van der Waals surface area contributed by atoms with E-state index in [-0.39, 0.29) is 0 Å². The van der Waals surface area contributed by atoms with Crippen LogP contribution >= 0.6 is 8.19 Å². The normalized spacial score (nSPS) is 11.1. The summed E-state index contributed by atoms with van der Waals surface area (Å²) in [6, 6.07) is 34.5. The fourth-order valence-corrected chi connectivity index (χ4v) is 4.30. The summed E-state index contributed by atoms with van der Waals surface area (Å²) >= 11 is 0. The van der Waals surface area contributed by atoms with Crippen LogP contribution in [-0.4, -0.2) is 0 Å². The van der Waals surface area contributed by atoms with Crippen LogP contribution in [0.2, 0.25) is 0 Å². The van der Waals surface area contributed by atoms with E-state index in [1.165, 1.54) is 21.3 Å². The van der Waals surface area contributed by atoms with Crippen molar-refractivity contribution in [2.24, 2.45) is 0 Å². The van der Waals surface area contributed by atoms with Gasteiger partial charge in [-0.05, 0) is 60.7 Å². The lowest BCUT2D eigenvalue weighted by Crippen LogP contribution is -1.89. The Bertz CT molecular complexity index is 1250. The van der Waals surface area contributed by atoms with Crippen LogP contribution < -0.4 is 9.47 Å². The molecule has 5 rings (SSSR count). The second-order valence-electron chi connectivity index (χ2n) is 6.48. The molecule has 0 saturated heterocycles. The predicted molar refractivity (Wildman–Crippen MR) is 117 cm³/mol. The van der Waals surface area contributed by atoms with E-state index in [0.717, 1.165) is 30.9 Å². The van der Waals surface area contributed by atoms with Crippen molar-refractivity contribution in [3.63, 3.8) is 0 Å². The zero-order chi connectivity index (χ0) is 18.8. The molecule has 0 N–H and O–H groups in total. The monoisotopic (exact) mass is 380 g/mol. The number of benzene rings is 4. The second-order valence-corrected chi connectivity index (χ2v) is 7.59. The van der Waals surface area contributed by atoms with Gasteiger partial charge in [-0.1, -0.05) is 66.7 Å². The molecule has 0 bridgehead atoms. The lowest BCUT2D eigenvalue weighted by molar-refractivity contribution is 0.429. The van der Waals surface area contributed by atoms with Crippen LogP contribution in [0.1, 0.15) is 0 Å². The molecule has 0 atom stereocenters. The zero-order valence-corrected chi connectivity index (χ0v) is 16.0. The molecule has 5 aromatic rings. The van der Waals surface area contributed by atoms with Crippen LogP contribution in [0, 0.1) is 0 Å². The maximum Gasteiger partial charge on any atom is 0.196 e. The molecule has 0 aliphatic carbocycles. The van der Waals surface area contributed by atoms with Gasteiger partial charge in [-0.15, -0.1) is 0 Å². The SMILES string of the molecule is c1ccc(Oc2cc3c(ccc4ccccc43)pc2Oc2ccccc2)cc1. The van der Waals surface area contributed by atoms with Gasteiger partial charge in [0, 0.05) is 5.12 Å². The minimum absolute atomic E-state index is 0.737. The molecule has 0 radical (unpaired) electrons. The molecular weight excluding hydrogens is 363 g/mol. The molecule has 4 aromatic carbocycles. The van der Waals surface area contributed by atoms with Crippen LogP contribution in [0.3, 0.4) is 0 Å².